The van der Waals surface area contributed by atoms with Crippen LogP contribution in [0.2, 0.25) is 0 Å². The van der Waals surface area contributed by atoms with Gasteiger partial charge in [0.25, 0.3) is 0 Å². The van der Waals surface area contributed by atoms with E-state index in [1.807, 2.05) is 12.3 Å². The molecule has 3 nitrogen and oxygen atoms in total. The monoisotopic (exact) mass is 247 g/mol. The minimum absolute atomic E-state index is 0.0480. The Balaban J connectivity index is 2.00. The molecule has 1 aliphatic rings. The Labute approximate surface area is 110 Å². The molecule has 0 spiro atoms. The number of aromatic nitrogens is 1. The third-order valence-corrected chi connectivity index (χ3v) is 4.51. The van der Waals surface area contributed by atoms with Crippen molar-refractivity contribution in [1.29, 1.82) is 0 Å². The molecule has 4 N–H and O–H groups in total. The molecule has 1 fully saturated rings. The average molecular weight is 247 g/mol. The molecule has 1 atom stereocenters. The van der Waals surface area contributed by atoms with Crippen LogP contribution in [0, 0.1) is 17.8 Å². The molecule has 100 valence electrons. The molecule has 1 aliphatic carbocycles. The van der Waals surface area contributed by atoms with Crippen LogP contribution in [0.3, 0.4) is 0 Å². The highest BCUT2D eigenvalue weighted by molar-refractivity contribution is 5.46. The van der Waals surface area contributed by atoms with Crippen LogP contribution < -0.4 is 11.5 Å². The van der Waals surface area contributed by atoms with Crippen molar-refractivity contribution in [2.45, 2.75) is 45.6 Å². The van der Waals surface area contributed by atoms with Crippen molar-refractivity contribution in [3.8, 4) is 0 Å². The van der Waals surface area contributed by atoms with Crippen LogP contribution in [0.1, 0.15) is 51.1 Å². The smallest absolute Gasteiger partial charge is 0.0393 e. The summed E-state index contributed by atoms with van der Waals surface area (Å²) in [6.45, 7) is 4.65. The number of nitrogen functional groups attached to an aromatic ring is 1. The van der Waals surface area contributed by atoms with Crippen molar-refractivity contribution in [3.05, 3.63) is 24.0 Å². The number of rotatable bonds is 3. The molecule has 0 saturated heterocycles. The quantitative estimate of drug-likeness (QED) is 0.862. The largest absolute Gasteiger partial charge is 0.398 e. The molecular formula is C15H25N3. The molecule has 1 aromatic heterocycles. The maximum atomic E-state index is 6.37. The first-order chi connectivity index (χ1) is 8.59. The molecule has 0 bridgehead atoms. The van der Waals surface area contributed by atoms with E-state index < -0.39 is 0 Å². The number of hydrogen-bond acceptors (Lipinski definition) is 3. The molecule has 1 unspecified atom stereocenters. The van der Waals surface area contributed by atoms with Crippen molar-refractivity contribution in [2.75, 3.05) is 5.73 Å². The highest BCUT2D eigenvalue weighted by Gasteiger charge is 2.28. The maximum Gasteiger partial charge on any atom is 0.0393 e. The van der Waals surface area contributed by atoms with Gasteiger partial charge in [0.1, 0.15) is 0 Å². The summed E-state index contributed by atoms with van der Waals surface area (Å²) in [6.07, 6.45) is 8.60. The maximum absolute atomic E-state index is 6.37. The standard InChI is InChI=1S/C15H25N3/c1-10(2)11-3-5-12(6-4-11)15(17)13-9-18-8-7-14(13)16/h7-12,15H,3-6,17H2,1-2H3,(H2,16,18). The molecule has 0 aliphatic heterocycles. The second-order valence-electron chi connectivity index (χ2n) is 5.95. The first kappa shape index (κ1) is 13.3. The van der Waals surface area contributed by atoms with Crippen LogP contribution in [0.4, 0.5) is 5.69 Å². The van der Waals surface area contributed by atoms with Gasteiger partial charge < -0.3 is 11.5 Å². The Morgan fingerprint density at radius 1 is 1.17 bits per heavy atom. The Hall–Kier alpha value is -1.09. The molecule has 2 rings (SSSR count). The van der Waals surface area contributed by atoms with E-state index in [2.05, 4.69) is 18.8 Å². The van der Waals surface area contributed by atoms with E-state index in [0.717, 1.165) is 23.1 Å². The summed E-state index contributed by atoms with van der Waals surface area (Å²) >= 11 is 0. The second-order valence-corrected chi connectivity index (χ2v) is 5.95. The van der Waals surface area contributed by atoms with Crippen LogP contribution >= 0.6 is 0 Å². The summed E-state index contributed by atoms with van der Waals surface area (Å²) in [6, 6.07) is 1.89. The first-order valence-corrected chi connectivity index (χ1v) is 7.04. The van der Waals surface area contributed by atoms with E-state index in [1.54, 1.807) is 6.20 Å². The third-order valence-electron chi connectivity index (χ3n) is 4.51. The fraction of sp³-hybridized carbons (Fsp3) is 0.667. The highest BCUT2D eigenvalue weighted by Crippen LogP contribution is 2.39. The van der Waals surface area contributed by atoms with Crippen molar-refractivity contribution >= 4 is 5.69 Å². The number of nitrogens with zero attached hydrogens (tertiary/aromatic N) is 1. The molecule has 18 heavy (non-hydrogen) atoms. The molecule has 0 radical (unpaired) electrons. The topological polar surface area (TPSA) is 64.9 Å². The van der Waals surface area contributed by atoms with Crippen LogP contribution in [0.5, 0.6) is 0 Å². The lowest BCUT2D eigenvalue weighted by Crippen LogP contribution is -2.28. The number of hydrogen-bond donors (Lipinski definition) is 2. The van der Waals surface area contributed by atoms with Gasteiger partial charge in [0.15, 0.2) is 0 Å². The molecule has 1 heterocycles. The normalized spacial score (nSPS) is 26.2. The predicted octanol–water partition coefficient (Wildman–Crippen LogP) is 3.13. The van der Waals surface area contributed by atoms with Gasteiger partial charge in [-0.1, -0.05) is 13.8 Å². The lowest BCUT2D eigenvalue weighted by atomic mass is 9.73. The van der Waals surface area contributed by atoms with Crippen molar-refractivity contribution in [1.82, 2.24) is 4.98 Å². The average Bonchev–Trinajstić information content (AvgIpc) is 2.38. The molecular weight excluding hydrogens is 222 g/mol. The SMILES string of the molecule is CC(C)C1CCC(C(N)c2cnccc2N)CC1. The number of nitrogens with two attached hydrogens (primary N) is 2. The van der Waals surface area contributed by atoms with Crippen LogP contribution in [0.15, 0.2) is 18.5 Å². The molecule has 0 amide bonds. The predicted molar refractivity (Wildman–Crippen MR) is 75.9 cm³/mol. The van der Waals surface area contributed by atoms with Gasteiger partial charge in [-0.3, -0.25) is 4.98 Å². The van der Waals surface area contributed by atoms with Crippen molar-refractivity contribution in [2.24, 2.45) is 23.5 Å². The lowest BCUT2D eigenvalue weighted by molar-refractivity contribution is 0.204. The molecule has 1 saturated carbocycles. The summed E-state index contributed by atoms with van der Waals surface area (Å²) in [5.41, 5.74) is 14.2. The zero-order chi connectivity index (χ0) is 13.1. The fourth-order valence-corrected chi connectivity index (χ4v) is 3.12. The van der Waals surface area contributed by atoms with Crippen molar-refractivity contribution in [3.63, 3.8) is 0 Å². The van der Waals surface area contributed by atoms with Gasteiger partial charge in [0.05, 0.1) is 0 Å². The Bertz CT molecular complexity index is 381. The number of anilines is 1. The van der Waals surface area contributed by atoms with E-state index in [4.69, 9.17) is 11.5 Å². The Kier molecular flexibility index (Phi) is 4.23. The second kappa shape index (κ2) is 5.70. The summed E-state index contributed by atoms with van der Waals surface area (Å²) in [7, 11) is 0. The van der Waals surface area contributed by atoms with Crippen molar-refractivity contribution < 1.29 is 0 Å². The third kappa shape index (κ3) is 2.83. The van der Waals surface area contributed by atoms with E-state index >= 15 is 0 Å². The fourth-order valence-electron chi connectivity index (χ4n) is 3.12. The van der Waals surface area contributed by atoms with Gasteiger partial charge >= 0.3 is 0 Å². The molecule has 3 heteroatoms. The molecule has 1 aromatic rings. The summed E-state index contributed by atoms with van der Waals surface area (Å²) in [4.78, 5) is 4.14. The first-order valence-electron chi connectivity index (χ1n) is 7.04. The molecule has 0 aromatic carbocycles. The van der Waals surface area contributed by atoms with Crippen LogP contribution in [-0.4, -0.2) is 4.98 Å². The Morgan fingerprint density at radius 3 is 2.33 bits per heavy atom. The van der Waals surface area contributed by atoms with Gasteiger partial charge in [-0.25, -0.2) is 0 Å². The Morgan fingerprint density at radius 2 is 1.78 bits per heavy atom. The summed E-state index contributed by atoms with van der Waals surface area (Å²) in [5, 5.41) is 0. The zero-order valence-corrected chi connectivity index (χ0v) is 11.5. The van der Waals surface area contributed by atoms with Crippen LogP contribution in [0.25, 0.3) is 0 Å². The summed E-state index contributed by atoms with van der Waals surface area (Å²) < 4.78 is 0. The van der Waals surface area contributed by atoms with E-state index in [-0.39, 0.29) is 6.04 Å². The minimum atomic E-state index is 0.0480. The lowest BCUT2D eigenvalue weighted by Gasteiger charge is -2.34. The van der Waals surface area contributed by atoms with Crippen LogP contribution in [-0.2, 0) is 0 Å². The van der Waals surface area contributed by atoms with E-state index in [1.165, 1.54) is 25.7 Å². The van der Waals surface area contributed by atoms with E-state index in [9.17, 15) is 0 Å². The van der Waals surface area contributed by atoms with Gasteiger partial charge in [-0.15, -0.1) is 0 Å². The van der Waals surface area contributed by atoms with Gasteiger partial charge in [0.2, 0.25) is 0 Å². The summed E-state index contributed by atoms with van der Waals surface area (Å²) in [5.74, 6) is 2.23. The minimum Gasteiger partial charge on any atom is -0.398 e. The number of pyridine rings is 1. The highest BCUT2D eigenvalue weighted by atomic mass is 14.7. The van der Waals surface area contributed by atoms with E-state index in [0.29, 0.717) is 5.92 Å². The van der Waals surface area contributed by atoms with Gasteiger partial charge in [0, 0.05) is 29.7 Å². The van der Waals surface area contributed by atoms with Gasteiger partial charge in [-0.2, -0.15) is 0 Å². The van der Waals surface area contributed by atoms with Gasteiger partial charge in [-0.05, 0) is 49.5 Å². The zero-order valence-electron chi connectivity index (χ0n) is 11.5.